The molecule has 0 saturated carbocycles. The van der Waals surface area contributed by atoms with E-state index in [1.165, 1.54) is 0 Å². The summed E-state index contributed by atoms with van der Waals surface area (Å²) in [7, 11) is 0. The van der Waals surface area contributed by atoms with E-state index in [4.69, 9.17) is 0 Å². The van der Waals surface area contributed by atoms with Gasteiger partial charge in [-0.1, -0.05) is 0 Å². The maximum atomic E-state index is 12.2. The normalized spacial score (nSPS) is 19.8. The molecular formula is C12H19N3O. The minimum atomic E-state index is -0.0777. The van der Waals surface area contributed by atoms with Crippen LogP contribution in [-0.4, -0.2) is 41.0 Å². The number of hydrogen-bond donors (Lipinski definition) is 2. The highest BCUT2D eigenvalue weighted by Crippen LogP contribution is 2.17. The number of aromatic amines is 1. The van der Waals surface area contributed by atoms with E-state index in [1.54, 1.807) is 0 Å². The molecule has 0 atom stereocenters. The number of carbonyl (C=O) groups excluding carboxylic acids is 1. The molecule has 4 heteroatoms. The molecule has 1 aliphatic heterocycles. The van der Waals surface area contributed by atoms with Crippen molar-refractivity contribution in [3.8, 4) is 0 Å². The Morgan fingerprint density at radius 2 is 2.38 bits per heavy atom. The third-order valence-corrected chi connectivity index (χ3v) is 3.12. The van der Waals surface area contributed by atoms with Crippen LogP contribution in [0.2, 0.25) is 0 Å². The zero-order valence-electron chi connectivity index (χ0n) is 9.92. The van der Waals surface area contributed by atoms with Gasteiger partial charge in [0.05, 0.1) is 6.42 Å². The number of hydrogen-bond acceptors (Lipinski definition) is 2. The van der Waals surface area contributed by atoms with Gasteiger partial charge in [0.15, 0.2) is 0 Å². The molecule has 16 heavy (non-hydrogen) atoms. The smallest absolute Gasteiger partial charge is 0.227 e. The summed E-state index contributed by atoms with van der Waals surface area (Å²) >= 11 is 0. The highest BCUT2D eigenvalue weighted by atomic mass is 16.2. The lowest BCUT2D eigenvalue weighted by Gasteiger charge is -2.42. The molecule has 4 nitrogen and oxygen atoms in total. The second-order valence-electron chi connectivity index (χ2n) is 4.93. The molecule has 1 aliphatic rings. The van der Waals surface area contributed by atoms with Gasteiger partial charge < -0.3 is 15.2 Å². The molecule has 1 amide bonds. The predicted octanol–water partition coefficient (Wildman–Crippen LogP) is 0.768. The van der Waals surface area contributed by atoms with Crippen molar-refractivity contribution in [2.24, 2.45) is 0 Å². The second-order valence-corrected chi connectivity index (χ2v) is 4.93. The van der Waals surface area contributed by atoms with Crippen molar-refractivity contribution in [1.29, 1.82) is 0 Å². The number of aromatic nitrogens is 1. The van der Waals surface area contributed by atoms with Gasteiger partial charge in [-0.2, -0.15) is 0 Å². The van der Waals surface area contributed by atoms with Crippen molar-refractivity contribution in [3.05, 3.63) is 24.0 Å². The number of piperazine rings is 1. The molecule has 0 aromatic carbocycles. The molecule has 1 aromatic rings. The van der Waals surface area contributed by atoms with Crippen LogP contribution >= 0.6 is 0 Å². The summed E-state index contributed by atoms with van der Waals surface area (Å²) in [6.07, 6.45) is 4.23. The Morgan fingerprint density at radius 1 is 1.56 bits per heavy atom. The van der Waals surface area contributed by atoms with E-state index in [0.717, 1.165) is 25.2 Å². The molecule has 1 fully saturated rings. The van der Waals surface area contributed by atoms with E-state index in [2.05, 4.69) is 24.1 Å². The van der Waals surface area contributed by atoms with Gasteiger partial charge in [0.1, 0.15) is 0 Å². The molecule has 2 heterocycles. The van der Waals surface area contributed by atoms with Gasteiger partial charge in [-0.15, -0.1) is 0 Å². The minimum absolute atomic E-state index is 0.0777. The van der Waals surface area contributed by atoms with Crippen molar-refractivity contribution >= 4 is 5.91 Å². The summed E-state index contributed by atoms with van der Waals surface area (Å²) in [6.45, 7) is 6.77. The van der Waals surface area contributed by atoms with Gasteiger partial charge in [-0.05, 0) is 25.5 Å². The zero-order valence-corrected chi connectivity index (χ0v) is 9.92. The molecule has 0 radical (unpaired) electrons. The molecule has 0 spiro atoms. The number of nitrogens with zero attached hydrogens (tertiary/aromatic N) is 1. The van der Waals surface area contributed by atoms with Crippen molar-refractivity contribution in [2.45, 2.75) is 25.8 Å². The number of carbonyl (C=O) groups is 1. The highest BCUT2D eigenvalue weighted by Gasteiger charge is 2.32. The second kappa shape index (κ2) is 4.29. The Labute approximate surface area is 96.0 Å². The van der Waals surface area contributed by atoms with Gasteiger partial charge in [-0.3, -0.25) is 4.79 Å². The maximum Gasteiger partial charge on any atom is 0.227 e. The first kappa shape index (κ1) is 11.2. The summed E-state index contributed by atoms with van der Waals surface area (Å²) in [5, 5.41) is 3.32. The Hall–Kier alpha value is -1.29. The van der Waals surface area contributed by atoms with E-state index in [9.17, 15) is 4.79 Å². The fraction of sp³-hybridized carbons (Fsp3) is 0.583. The molecule has 1 aromatic heterocycles. The van der Waals surface area contributed by atoms with Crippen molar-refractivity contribution in [3.63, 3.8) is 0 Å². The number of rotatable bonds is 2. The van der Waals surface area contributed by atoms with Crippen LogP contribution in [-0.2, 0) is 11.2 Å². The predicted molar refractivity (Wildman–Crippen MR) is 63.2 cm³/mol. The minimum Gasteiger partial charge on any atom is -0.367 e. The standard InChI is InChI=1S/C12H19N3O/c1-12(2)9-14-5-6-15(12)11(16)7-10-3-4-13-8-10/h3-4,8,13-14H,5-7,9H2,1-2H3. The monoisotopic (exact) mass is 221 g/mol. The first-order chi connectivity index (χ1) is 7.59. The van der Waals surface area contributed by atoms with E-state index >= 15 is 0 Å². The average molecular weight is 221 g/mol. The van der Waals surface area contributed by atoms with Crippen molar-refractivity contribution in [1.82, 2.24) is 15.2 Å². The summed E-state index contributed by atoms with van der Waals surface area (Å²) in [6, 6.07) is 1.95. The largest absolute Gasteiger partial charge is 0.367 e. The Balaban J connectivity index is 2.03. The molecule has 0 bridgehead atoms. The lowest BCUT2D eigenvalue weighted by molar-refractivity contribution is -0.136. The van der Waals surface area contributed by atoms with Gasteiger partial charge in [0, 0.05) is 37.6 Å². The van der Waals surface area contributed by atoms with Gasteiger partial charge in [-0.25, -0.2) is 0 Å². The topological polar surface area (TPSA) is 48.1 Å². The Morgan fingerprint density at radius 3 is 3.00 bits per heavy atom. The lowest BCUT2D eigenvalue weighted by Crippen LogP contribution is -2.60. The van der Waals surface area contributed by atoms with Crippen molar-refractivity contribution in [2.75, 3.05) is 19.6 Å². The number of amides is 1. The summed E-state index contributed by atoms with van der Waals surface area (Å²) in [5.41, 5.74) is 0.977. The molecular weight excluding hydrogens is 202 g/mol. The van der Waals surface area contributed by atoms with E-state index in [1.807, 2.05) is 23.4 Å². The Kier molecular flexibility index (Phi) is 3.01. The fourth-order valence-corrected chi connectivity index (χ4v) is 2.18. The van der Waals surface area contributed by atoms with E-state index in [0.29, 0.717) is 6.42 Å². The third kappa shape index (κ3) is 2.27. The summed E-state index contributed by atoms with van der Waals surface area (Å²) in [5.74, 6) is 0.214. The summed E-state index contributed by atoms with van der Waals surface area (Å²) < 4.78 is 0. The quantitative estimate of drug-likeness (QED) is 0.775. The SMILES string of the molecule is CC1(C)CNCCN1C(=O)Cc1cc[nH]c1. The van der Waals surface area contributed by atoms with Crippen LogP contribution in [0.4, 0.5) is 0 Å². The molecule has 1 saturated heterocycles. The first-order valence-electron chi connectivity index (χ1n) is 5.72. The van der Waals surface area contributed by atoms with E-state index < -0.39 is 0 Å². The van der Waals surface area contributed by atoms with Gasteiger partial charge >= 0.3 is 0 Å². The van der Waals surface area contributed by atoms with Crippen LogP contribution < -0.4 is 5.32 Å². The fourth-order valence-electron chi connectivity index (χ4n) is 2.18. The maximum absolute atomic E-state index is 12.2. The van der Waals surface area contributed by atoms with Gasteiger partial charge in [0.2, 0.25) is 5.91 Å². The molecule has 0 unspecified atom stereocenters. The van der Waals surface area contributed by atoms with Crippen LogP contribution in [0.15, 0.2) is 18.5 Å². The zero-order chi connectivity index (χ0) is 11.6. The van der Waals surface area contributed by atoms with Crippen LogP contribution in [0, 0.1) is 0 Å². The first-order valence-corrected chi connectivity index (χ1v) is 5.72. The third-order valence-electron chi connectivity index (χ3n) is 3.12. The van der Waals surface area contributed by atoms with Gasteiger partial charge in [0.25, 0.3) is 0 Å². The van der Waals surface area contributed by atoms with Crippen LogP contribution in [0.3, 0.4) is 0 Å². The van der Waals surface area contributed by atoms with E-state index in [-0.39, 0.29) is 11.4 Å². The number of nitrogens with one attached hydrogen (secondary N) is 2. The highest BCUT2D eigenvalue weighted by molar-refractivity contribution is 5.79. The van der Waals surface area contributed by atoms with Crippen LogP contribution in [0.25, 0.3) is 0 Å². The molecule has 2 N–H and O–H groups in total. The van der Waals surface area contributed by atoms with Crippen LogP contribution in [0.1, 0.15) is 19.4 Å². The Bertz CT molecular complexity index is 356. The molecule has 2 rings (SSSR count). The van der Waals surface area contributed by atoms with Crippen molar-refractivity contribution < 1.29 is 4.79 Å². The molecule has 88 valence electrons. The number of H-pyrrole nitrogens is 1. The van der Waals surface area contributed by atoms with Crippen LogP contribution in [0.5, 0.6) is 0 Å². The average Bonchev–Trinajstić information content (AvgIpc) is 2.69. The summed E-state index contributed by atoms with van der Waals surface area (Å²) in [4.78, 5) is 17.1. The molecule has 0 aliphatic carbocycles. The lowest BCUT2D eigenvalue weighted by atomic mass is 9.99.